The number of nitrogens with two attached hydrogens (primary N) is 1. The van der Waals surface area contributed by atoms with Crippen LogP contribution in [-0.2, 0) is 42.2 Å². The van der Waals surface area contributed by atoms with Crippen LogP contribution in [0.25, 0.3) is 0 Å². The lowest BCUT2D eigenvalue weighted by atomic mass is 10.1. The van der Waals surface area contributed by atoms with Crippen LogP contribution >= 0.6 is 7.82 Å². The van der Waals surface area contributed by atoms with Crippen LogP contribution < -0.4 is 5.73 Å². The van der Waals surface area contributed by atoms with Crippen molar-refractivity contribution in [1.29, 1.82) is 0 Å². The number of aliphatic carboxylic acids is 1. The standard InChI is InChI=1S/C48H78NO11P/c1-3-5-7-8-9-10-11-12-13-14-15-16-21-24-27-30-34-38-47(51)59-42(40-57-61(54,55)58-41-43(49)48(52)53)39-56-46(50)37-33-29-26-23-20-18-17-19-22-25-28-32-36-45-44(60-45)35-31-6-4-2/h6,9-10,12-13,18-20,22,26,28-29,31-32,42-45H,3-5,7-8,11,14-17,21,23-25,27,30,33-41,49H2,1-2H3,(H,52,53)(H,54,55)/b10-9-,13-12-,20-18-,22-19-,29-26-,31-6-,32-28-/t42-,43+,44?,45?/m1/s1. The number of rotatable bonds is 40. The first-order valence-corrected chi connectivity index (χ1v) is 24.2. The van der Waals surface area contributed by atoms with Gasteiger partial charge in [-0.3, -0.25) is 23.4 Å². The van der Waals surface area contributed by atoms with Gasteiger partial charge in [-0.1, -0.05) is 144 Å². The molecule has 61 heavy (non-hydrogen) atoms. The average Bonchev–Trinajstić information content (AvgIpc) is 3.99. The molecule has 12 nitrogen and oxygen atoms in total. The molecule has 4 N–H and O–H groups in total. The molecule has 1 rings (SSSR count). The zero-order chi connectivity index (χ0) is 44.7. The molecule has 5 atom stereocenters. The van der Waals surface area contributed by atoms with Gasteiger partial charge in [-0.15, -0.1) is 0 Å². The van der Waals surface area contributed by atoms with Gasteiger partial charge in [0.15, 0.2) is 6.10 Å². The summed E-state index contributed by atoms with van der Waals surface area (Å²) >= 11 is 0. The maximum Gasteiger partial charge on any atom is 0.472 e. The van der Waals surface area contributed by atoms with Crippen molar-refractivity contribution in [2.24, 2.45) is 5.73 Å². The number of carbonyl (C=O) groups excluding carboxylic acids is 2. The third-order valence-corrected chi connectivity index (χ3v) is 10.5. The molecule has 0 bridgehead atoms. The van der Waals surface area contributed by atoms with E-state index < -0.39 is 57.7 Å². The lowest BCUT2D eigenvalue weighted by Gasteiger charge is -2.20. The molecule has 1 aliphatic heterocycles. The van der Waals surface area contributed by atoms with Gasteiger partial charge in [0, 0.05) is 12.8 Å². The third kappa shape index (κ3) is 35.9. The van der Waals surface area contributed by atoms with E-state index in [9.17, 15) is 23.8 Å². The molecule has 3 unspecified atom stereocenters. The molecule has 346 valence electrons. The van der Waals surface area contributed by atoms with Crippen molar-refractivity contribution in [1.82, 2.24) is 0 Å². The molecule has 0 amide bonds. The van der Waals surface area contributed by atoms with E-state index in [1.165, 1.54) is 32.1 Å². The number of ether oxygens (including phenoxy) is 3. The van der Waals surface area contributed by atoms with Crippen molar-refractivity contribution in [3.05, 3.63) is 85.1 Å². The Morgan fingerprint density at radius 2 is 1.10 bits per heavy atom. The van der Waals surface area contributed by atoms with E-state index in [-0.39, 0.29) is 12.8 Å². The zero-order valence-electron chi connectivity index (χ0n) is 37.2. The second-order valence-corrected chi connectivity index (χ2v) is 16.6. The lowest BCUT2D eigenvalue weighted by molar-refractivity contribution is -0.161. The summed E-state index contributed by atoms with van der Waals surface area (Å²) < 4.78 is 38.3. The van der Waals surface area contributed by atoms with Crippen molar-refractivity contribution < 1.29 is 52.2 Å². The zero-order valence-corrected chi connectivity index (χ0v) is 38.1. The van der Waals surface area contributed by atoms with Gasteiger partial charge in [-0.2, -0.15) is 0 Å². The first-order chi connectivity index (χ1) is 29.6. The smallest absolute Gasteiger partial charge is 0.472 e. The first-order valence-electron chi connectivity index (χ1n) is 22.7. The van der Waals surface area contributed by atoms with E-state index in [0.29, 0.717) is 25.0 Å². The van der Waals surface area contributed by atoms with Gasteiger partial charge in [-0.05, 0) is 83.5 Å². The fourth-order valence-electron chi connectivity index (χ4n) is 5.87. The molecule has 0 spiro atoms. The Kier molecular flexibility index (Phi) is 34.9. The van der Waals surface area contributed by atoms with Gasteiger partial charge in [0.25, 0.3) is 0 Å². The number of carbonyl (C=O) groups is 3. The van der Waals surface area contributed by atoms with E-state index in [1.54, 1.807) is 0 Å². The van der Waals surface area contributed by atoms with E-state index in [2.05, 4.69) is 91.3 Å². The Balaban J connectivity index is 2.32. The monoisotopic (exact) mass is 876 g/mol. The van der Waals surface area contributed by atoms with E-state index >= 15 is 0 Å². The number of phosphoric ester groups is 1. The second kappa shape index (κ2) is 38.3. The number of allylic oxidation sites excluding steroid dienone is 12. The van der Waals surface area contributed by atoms with Gasteiger partial charge in [0.05, 0.1) is 25.4 Å². The number of hydrogen-bond acceptors (Lipinski definition) is 10. The summed E-state index contributed by atoms with van der Waals surface area (Å²) in [7, 11) is -4.75. The van der Waals surface area contributed by atoms with E-state index in [0.717, 1.165) is 83.5 Å². The van der Waals surface area contributed by atoms with Crippen LogP contribution in [0.5, 0.6) is 0 Å². The molecule has 13 heteroatoms. The largest absolute Gasteiger partial charge is 0.480 e. The second-order valence-electron chi connectivity index (χ2n) is 15.2. The molecule has 1 saturated heterocycles. The summed E-state index contributed by atoms with van der Waals surface area (Å²) in [6.07, 6.45) is 49.8. The van der Waals surface area contributed by atoms with Crippen molar-refractivity contribution in [2.75, 3.05) is 19.8 Å². The predicted octanol–water partition coefficient (Wildman–Crippen LogP) is 11.3. The SMILES string of the molecule is CC/C=C\CC1OC1C/C=C\C/C=C\C/C=C\C/C=C\CCC(=O)OC[C@H](COP(=O)(O)OC[C@H](N)C(=O)O)OC(=O)CCCCCCCCC/C=C\C/C=C\CCCCC. The average molecular weight is 876 g/mol. The topological polar surface area (TPSA) is 184 Å². The van der Waals surface area contributed by atoms with Gasteiger partial charge in [0.1, 0.15) is 12.6 Å². The number of carboxylic acid groups (broad SMARTS) is 1. The molecule has 0 aromatic heterocycles. The molecule has 1 aliphatic rings. The molecule has 1 heterocycles. The number of hydrogen-bond donors (Lipinski definition) is 3. The van der Waals surface area contributed by atoms with Gasteiger partial charge in [0.2, 0.25) is 0 Å². The Morgan fingerprint density at radius 1 is 0.607 bits per heavy atom. The predicted molar refractivity (Wildman–Crippen MR) is 244 cm³/mol. The summed E-state index contributed by atoms with van der Waals surface area (Å²) in [5.74, 6) is -2.51. The van der Waals surface area contributed by atoms with Crippen LogP contribution in [0.4, 0.5) is 0 Å². The van der Waals surface area contributed by atoms with Gasteiger partial charge in [-0.25, -0.2) is 4.57 Å². The molecule has 1 fully saturated rings. The maximum atomic E-state index is 12.6. The number of epoxide rings is 1. The summed E-state index contributed by atoms with van der Waals surface area (Å²) in [6.45, 7) is 2.56. The van der Waals surface area contributed by atoms with Crippen LogP contribution in [0.15, 0.2) is 85.1 Å². The van der Waals surface area contributed by atoms with Crippen LogP contribution in [-0.4, -0.2) is 72.1 Å². The van der Waals surface area contributed by atoms with Crippen molar-refractivity contribution >= 4 is 25.7 Å². The molecular formula is C48H78NO11P. The minimum absolute atomic E-state index is 0.0870. The highest BCUT2D eigenvalue weighted by Gasteiger charge is 2.36. The maximum absolute atomic E-state index is 12.6. The Hall–Kier alpha value is -3.38. The van der Waals surface area contributed by atoms with Crippen molar-refractivity contribution in [2.45, 2.75) is 179 Å². The third-order valence-electron chi connectivity index (χ3n) is 9.54. The fraction of sp³-hybridized carbons (Fsp3) is 0.646. The van der Waals surface area contributed by atoms with Crippen molar-refractivity contribution in [3.8, 4) is 0 Å². The number of phosphoric acid groups is 1. The summed E-state index contributed by atoms with van der Waals surface area (Å²) in [5, 5.41) is 8.90. The number of carboxylic acids is 1. The Morgan fingerprint density at radius 3 is 1.67 bits per heavy atom. The normalized spacial score (nSPS) is 17.8. The van der Waals surface area contributed by atoms with Crippen LogP contribution in [0.3, 0.4) is 0 Å². The minimum Gasteiger partial charge on any atom is -0.480 e. The molecule has 0 aromatic carbocycles. The van der Waals surface area contributed by atoms with Gasteiger partial charge >= 0.3 is 25.7 Å². The van der Waals surface area contributed by atoms with Crippen LogP contribution in [0.1, 0.15) is 155 Å². The quantitative estimate of drug-likeness (QED) is 0.0174. The highest BCUT2D eigenvalue weighted by Crippen LogP contribution is 2.43. The van der Waals surface area contributed by atoms with Crippen LogP contribution in [0, 0.1) is 0 Å². The Labute approximate surface area is 367 Å². The lowest BCUT2D eigenvalue weighted by Crippen LogP contribution is -2.34. The molecule has 0 radical (unpaired) electrons. The number of esters is 2. The molecule has 0 aliphatic carbocycles. The van der Waals surface area contributed by atoms with Crippen LogP contribution in [0.2, 0.25) is 0 Å². The molecule has 0 aromatic rings. The molecule has 0 saturated carbocycles. The van der Waals surface area contributed by atoms with E-state index in [4.69, 9.17) is 29.6 Å². The van der Waals surface area contributed by atoms with E-state index in [1.807, 2.05) is 12.2 Å². The highest BCUT2D eigenvalue weighted by molar-refractivity contribution is 7.47. The summed E-state index contributed by atoms with van der Waals surface area (Å²) in [6, 6.07) is -1.54. The Bertz CT molecular complexity index is 1420. The first kappa shape index (κ1) is 55.6. The minimum atomic E-state index is -4.75. The summed E-state index contributed by atoms with van der Waals surface area (Å²) in [4.78, 5) is 46.0. The van der Waals surface area contributed by atoms with Gasteiger partial charge < -0.3 is 29.9 Å². The highest BCUT2D eigenvalue weighted by atomic mass is 31.2. The molecular weight excluding hydrogens is 797 g/mol. The fourth-order valence-corrected chi connectivity index (χ4v) is 6.65. The number of unbranched alkanes of at least 4 members (excludes halogenated alkanes) is 10. The van der Waals surface area contributed by atoms with Crippen molar-refractivity contribution in [3.63, 3.8) is 0 Å². The summed E-state index contributed by atoms with van der Waals surface area (Å²) in [5.41, 5.74) is 5.33.